The summed E-state index contributed by atoms with van der Waals surface area (Å²) in [6, 6.07) is 5.04. The fraction of sp³-hybridized carbons (Fsp3) is 0.375. The number of rotatable bonds is 4. The second-order valence-corrected chi connectivity index (χ2v) is 3.36. The van der Waals surface area contributed by atoms with Crippen molar-refractivity contribution in [2.24, 2.45) is 0 Å². The van der Waals surface area contributed by atoms with Crippen LogP contribution in [0.1, 0.15) is 0 Å². The molecule has 0 fully saturated rings. The van der Waals surface area contributed by atoms with Crippen LogP contribution >= 0.6 is 15.9 Å². The highest BCUT2D eigenvalue weighted by molar-refractivity contribution is 9.10. The van der Waals surface area contributed by atoms with Crippen molar-refractivity contribution in [1.29, 1.82) is 0 Å². The summed E-state index contributed by atoms with van der Waals surface area (Å²) in [4.78, 5) is 4.09. The van der Waals surface area contributed by atoms with Gasteiger partial charge in [-0.15, -0.1) is 0 Å². The van der Waals surface area contributed by atoms with Gasteiger partial charge in [0.2, 0.25) is 0 Å². The average Bonchev–Trinajstić information content (AvgIpc) is 2.14. The van der Waals surface area contributed by atoms with Crippen LogP contribution in [-0.2, 0) is 0 Å². The van der Waals surface area contributed by atoms with E-state index < -0.39 is 0 Å². The van der Waals surface area contributed by atoms with Crippen molar-refractivity contribution in [3.05, 3.63) is 22.8 Å². The molecule has 3 N–H and O–H groups in total. The first-order valence-corrected chi connectivity index (χ1v) is 4.66. The number of aromatic nitrogens is 1. The third kappa shape index (κ3) is 3.30. The van der Waals surface area contributed by atoms with Crippen LogP contribution in [0.4, 0.5) is 5.82 Å². The summed E-state index contributed by atoms with van der Waals surface area (Å²) in [5.74, 6) is 0.627. The monoisotopic (exact) mass is 246 g/mol. The lowest BCUT2D eigenvalue weighted by molar-refractivity contribution is 0.203. The zero-order valence-electron chi connectivity index (χ0n) is 6.94. The first kappa shape index (κ1) is 10.4. The maximum Gasteiger partial charge on any atom is 0.127 e. The first-order chi connectivity index (χ1) is 6.26. The summed E-state index contributed by atoms with van der Waals surface area (Å²) < 4.78 is 0.715. The Morgan fingerprint density at radius 1 is 1.38 bits per heavy atom. The van der Waals surface area contributed by atoms with Gasteiger partial charge in [0.1, 0.15) is 10.4 Å². The summed E-state index contributed by atoms with van der Waals surface area (Å²) in [7, 11) is 0. The summed E-state index contributed by atoms with van der Waals surface area (Å²) >= 11 is 3.22. The van der Waals surface area contributed by atoms with Crippen LogP contribution < -0.4 is 5.32 Å². The molecule has 0 amide bonds. The molecule has 0 aliphatic rings. The summed E-state index contributed by atoms with van der Waals surface area (Å²) in [6.45, 7) is -0.241. The smallest absolute Gasteiger partial charge is 0.127 e. The fourth-order valence-electron chi connectivity index (χ4n) is 0.847. The minimum Gasteiger partial charge on any atom is -0.394 e. The van der Waals surface area contributed by atoms with Crippen molar-refractivity contribution in [3.8, 4) is 0 Å². The lowest BCUT2D eigenvalue weighted by atomic mass is 10.3. The minimum absolute atomic E-state index is 0.120. The van der Waals surface area contributed by atoms with Crippen molar-refractivity contribution in [1.82, 2.24) is 4.98 Å². The second kappa shape index (κ2) is 5.16. The summed E-state index contributed by atoms with van der Waals surface area (Å²) in [6.07, 6.45) is 0. The van der Waals surface area contributed by atoms with E-state index in [2.05, 4.69) is 26.2 Å². The molecular formula is C8H11BrN2O2. The van der Waals surface area contributed by atoms with Gasteiger partial charge in [0, 0.05) is 0 Å². The van der Waals surface area contributed by atoms with E-state index in [0.29, 0.717) is 10.4 Å². The van der Waals surface area contributed by atoms with Gasteiger partial charge < -0.3 is 15.5 Å². The Balaban J connectivity index is 2.62. The highest BCUT2D eigenvalue weighted by atomic mass is 79.9. The van der Waals surface area contributed by atoms with Crippen LogP contribution in [0.2, 0.25) is 0 Å². The molecule has 1 heterocycles. The van der Waals surface area contributed by atoms with E-state index in [1.54, 1.807) is 12.1 Å². The number of halogens is 1. The van der Waals surface area contributed by atoms with Crippen molar-refractivity contribution in [3.63, 3.8) is 0 Å². The number of anilines is 1. The predicted octanol–water partition coefficient (Wildman–Crippen LogP) is 0.609. The Bertz CT molecular complexity index is 266. The molecule has 0 radical (unpaired) electrons. The number of nitrogens with zero attached hydrogens (tertiary/aromatic N) is 1. The predicted molar refractivity (Wildman–Crippen MR) is 53.5 cm³/mol. The van der Waals surface area contributed by atoms with Crippen molar-refractivity contribution in [2.45, 2.75) is 6.04 Å². The van der Waals surface area contributed by atoms with Crippen molar-refractivity contribution >= 4 is 21.7 Å². The number of aliphatic hydroxyl groups excluding tert-OH is 2. The molecule has 0 aromatic carbocycles. The van der Waals surface area contributed by atoms with E-state index in [1.807, 2.05) is 6.07 Å². The molecule has 0 bridgehead atoms. The molecule has 0 saturated heterocycles. The molecule has 4 nitrogen and oxygen atoms in total. The van der Waals surface area contributed by atoms with Gasteiger partial charge in [-0.1, -0.05) is 6.07 Å². The van der Waals surface area contributed by atoms with Gasteiger partial charge in [-0.3, -0.25) is 0 Å². The molecule has 1 rings (SSSR count). The van der Waals surface area contributed by atoms with Crippen LogP contribution in [0.15, 0.2) is 22.8 Å². The lowest BCUT2D eigenvalue weighted by Gasteiger charge is -2.13. The van der Waals surface area contributed by atoms with Gasteiger partial charge in [-0.25, -0.2) is 4.98 Å². The molecular weight excluding hydrogens is 236 g/mol. The molecule has 0 aliphatic heterocycles. The minimum atomic E-state index is -0.359. The Hall–Kier alpha value is -0.650. The Morgan fingerprint density at radius 2 is 2.08 bits per heavy atom. The maximum absolute atomic E-state index is 8.79. The molecule has 0 aliphatic carbocycles. The van der Waals surface area contributed by atoms with Crippen LogP contribution in [0.5, 0.6) is 0 Å². The Labute approximate surface area is 84.8 Å². The molecule has 72 valence electrons. The molecule has 0 saturated carbocycles. The van der Waals surface area contributed by atoms with Crippen LogP contribution in [0.25, 0.3) is 0 Å². The lowest BCUT2D eigenvalue weighted by Crippen LogP contribution is -2.28. The molecule has 1 aromatic heterocycles. The zero-order valence-corrected chi connectivity index (χ0v) is 8.53. The van der Waals surface area contributed by atoms with E-state index in [0.717, 1.165) is 0 Å². The van der Waals surface area contributed by atoms with Gasteiger partial charge in [-0.2, -0.15) is 0 Å². The van der Waals surface area contributed by atoms with E-state index in [-0.39, 0.29) is 19.3 Å². The molecule has 0 spiro atoms. The number of hydrogen-bond acceptors (Lipinski definition) is 4. The molecule has 0 atom stereocenters. The molecule has 5 heteroatoms. The van der Waals surface area contributed by atoms with E-state index >= 15 is 0 Å². The Morgan fingerprint density at radius 3 is 2.62 bits per heavy atom. The Kier molecular flexibility index (Phi) is 4.14. The van der Waals surface area contributed by atoms with E-state index in [9.17, 15) is 0 Å². The number of nitrogens with one attached hydrogen (secondary N) is 1. The molecule has 0 unspecified atom stereocenters. The third-order valence-electron chi connectivity index (χ3n) is 1.51. The highest BCUT2D eigenvalue weighted by Crippen LogP contribution is 2.10. The summed E-state index contributed by atoms with van der Waals surface area (Å²) in [5, 5.41) is 20.5. The number of aliphatic hydroxyl groups is 2. The van der Waals surface area contributed by atoms with Crippen LogP contribution in [0, 0.1) is 0 Å². The van der Waals surface area contributed by atoms with Gasteiger partial charge in [0.15, 0.2) is 0 Å². The highest BCUT2D eigenvalue weighted by Gasteiger charge is 2.05. The fourth-order valence-corrected chi connectivity index (χ4v) is 1.19. The first-order valence-electron chi connectivity index (χ1n) is 3.87. The summed E-state index contributed by atoms with van der Waals surface area (Å²) in [5.41, 5.74) is 0. The van der Waals surface area contributed by atoms with Crippen molar-refractivity contribution < 1.29 is 10.2 Å². The van der Waals surface area contributed by atoms with E-state index in [1.165, 1.54) is 0 Å². The van der Waals surface area contributed by atoms with Crippen LogP contribution in [0.3, 0.4) is 0 Å². The van der Waals surface area contributed by atoms with Gasteiger partial charge >= 0.3 is 0 Å². The standard InChI is InChI=1S/C8H11BrN2O2/c9-7-2-1-3-8(11-7)10-6(4-12)5-13/h1-3,6,12-13H,4-5H2,(H,10,11). The number of pyridine rings is 1. The van der Waals surface area contributed by atoms with E-state index in [4.69, 9.17) is 10.2 Å². The topological polar surface area (TPSA) is 65.4 Å². The molecule has 1 aromatic rings. The third-order valence-corrected chi connectivity index (χ3v) is 1.95. The van der Waals surface area contributed by atoms with Crippen molar-refractivity contribution in [2.75, 3.05) is 18.5 Å². The SMILES string of the molecule is OCC(CO)Nc1cccc(Br)n1. The second-order valence-electron chi connectivity index (χ2n) is 2.55. The van der Waals surface area contributed by atoms with Gasteiger partial charge in [0.05, 0.1) is 19.3 Å². The largest absolute Gasteiger partial charge is 0.394 e. The maximum atomic E-state index is 8.79. The van der Waals surface area contributed by atoms with Crippen LogP contribution in [-0.4, -0.2) is 34.5 Å². The van der Waals surface area contributed by atoms with Gasteiger partial charge in [-0.05, 0) is 28.1 Å². The molecule has 13 heavy (non-hydrogen) atoms. The quantitative estimate of drug-likeness (QED) is 0.682. The zero-order chi connectivity index (χ0) is 9.68. The normalized spacial score (nSPS) is 10.5. The number of hydrogen-bond donors (Lipinski definition) is 3. The average molecular weight is 247 g/mol. The van der Waals surface area contributed by atoms with Gasteiger partial charge in [0.25, 0.3) is 0 Å².